The largest absolute Gasteiger partial charge is 2.00 e. The fourth-order valence-corrected chi connectivity index (χ4v) is 5.35. The third-order valence-corrected chi connectivity index (χ3v) is 7.80. The summed E-state index contributed by atoms with van der Waals surface area (Å²) in [6, 6.07) is 21.1. The molecule has 0 saturated carbocycles. The number of nitrogens with zero attached hydrogens (tertiary/aromatic N) is 4. The van der Waals surface area contributed by atoms with E-state index < -0.39 is 0 Å². The van der Waals surface area contributed by atoms with E-state index in [9.17, 15) is 19.0 Å². The summed E-state index contributed by atoms with van der Waals surface area (Å²) >= 11 is 14.4. The summed E-state index contributed by atoms with van der Waals surface area (Å²) in [5.41, 5.74) is 3.87. The second-order valence-corrected chi connectivity index (χ2v) is 11.5. The Morgan fingerprint density at radius 3 is 1.36 bits per heavy atom. The molecule has 6 aromatic rings. The van der Waals surface area contributed by atoms with E-state index in [1.54, 1.807) is 36.4 Å². The molecule has 45 heavy (non-hydrogen) atoms. The van der Waals surface area contributed by atoms with Gasteiger partial charge in [-0.05, 0) is 83.9 Å². The molecular weight excluding hydrogens is 711 g/mol. The maximum Gasteiger partial charge on any atom is 2.00 e. The number of benzene rings is 4. The van der Waals surface area contributed by atoms with Gasteiger partial charge < -0.3 is 10.2 Å². The van der Waals surface area contributed by atoms with E-state index in [1.807, 2.05) is 10.8 Å². The summed E-state index contributed by atoms with van der Waals surface area (Å²) in [5.74, 6) is -0.880. The van der Waals surface area contributed by atoms with Crippen LogP contribution in [0.1, 0.15) is 11.1 Å². The number of rotatable bonds is 6. The van der Waals surface area contributed by atoms with Crippen molar-refractivity contribution >= 4 is 68.6 Å². The molecule has 0 unspecified atom stereocenters. The Morgan fingerprint density at radius 2 is 0.978 bits per heavy atom. The van der Waals surface area contributed by atoms with Gasteiger partial charge in [0.15, 0.2) is 0 Å². The predicted molar refractivity (Wildman–Crippen MR) is 171 cm³/mol. The average Bonchev–Trinajstić information content (AvgIpc) is 3.70. The first-order chi connectivity index (χ1) is 21.2. The number of thiazole rings is 2. The van der Waals surface area contributed by atoms with Gasteiger partial charge in [0.2, 0.25) is 10.3 Å². The minimum atomic E-state index is -0.291. The Hall–Kier alpha value is -3.86. The monoisotopic (exact) mass is 726 g/mol. The summed E-state index contributed by atoms with van der Waals surface area (Å²) in [7, 11) is 0. The molecule has 0 saturated heterocycles. The van der Waals surface area contributed by atoms with Crippen molar-refractivity contribution in [2.24, 2.45) is 9.98 Å². The van der Waals surface area contributed by atoms with Crippen molar-refractivity contribution in [3.63, 3.8) is 0 Å². The van der Waals surface area contributed by atoms with E-state index in [0.29, 0.717) is 42.8 Å². The Balaban J connectivity index is 0.000000200. The molecule has 0 fully saturated rings. The summed E-state index contributed by atoms with van der Waals surface area (Å²) in [6.07, 6.45) is 2.89. The number of aliphatic imine (C=N–C) groups is 2. The van der Waals surface area contributed by atoms with Crippen LogP contribution < -0.4 is 10.2 Å². The van der Waals surface area contributed by atoms with E-state index >= 15 is 0 Å². The van der Waals surface area contributed by atoms with Gasteiger partial charge in [-0.15, -0.1) is 22.7 Å². The molecule has 220 valence electrons. The smallest absolute Gasteiger partial charge is 0.872 e. The van der Waals surface area contributed by atoms with Crippen LogP contribution in [0.4, 0.5) is 19.0 Å². The fourth-order valence-electron chi connectivity index (χ4n) is 3.64. The Bertz CT molecular complexity index is 1810. The van der Waals surface area contributed by atoms with Crippen molar-refractivity contribution < 1.29 is 38.5 Å². The summed E-state index contributed by atoms with van der Waals surface area (Å²) < 4.78 is 25.8. The molecular formula is C32H18Cl2F2N4O2S2Zn. The molecule has 0 atom stereocenters. The minimum absolute atomic E-state index is 0. The molecule has 13 heteroatoms. The Kier molecular flexibility index (Phi) is 12.0. The van der Waals surface area contributed by atoms with Gasteiger partial charge in [0.25, 0.3) is 0 Å². The zero-order valence-electron chi connectivity index (χ0n) is 23.0. The van der Waals surface area contributed by atoms with Crippen molar-refractivity contribution in [2.45, 2.75) is 0 Å². The molecule has 6 nitrogen and oxygen atoms in total. The van der Waals surface area contributed by atoms with Crippen molar-refractivity contribution in [1.82, 2.24) is 9.97 Å². The van der Waals surface area contributed by atoms with Crippen LogP contribution in [-0.4, -0.2) is 22.4 Å². The first kappa shape index (κ1) is 34.0. The van der Waals surface area contributed by atoms with Crippen molar-refractivity contribution in [2.75, 3.05) is 0 Å². The predicted octanol–water partition coefficient (Wildman–Crippen LogP) is 8.85. The molecule has 0 aliphatic rings. The van der Waals surface area contributed by atoms with Crippen LogP contribution >= 0.6 is 45.9 Å². The molecule has 0 spiro atoms. The first-order valence-electron chi connectivity index (χ1n) is 12.7. The van der Waals surface area contributed by atoms with Crippen LogP contribution in [-0.2, 0) is 19.5 Å². The average molecular weight is 729 g/mol. The zero-order chi connectivity index (χ0) is 31.1. The van der Waals surface area contributed by atoms with E-state index in [-0.39, 0.29) is 42.6 Å². The van der Waals surface area contributed by atoms with E-state index in [4.69, 9.17) is 23.2 Å². The number of hydrogen-bond acceptors (Lipinski definition) is 8. The Morgan fingerprint density at radius 1 is 0.600 bits per heavy atom. The van der Waals surface area contributed by atoms with Crippen LogP contribution in [0, 0.1) is 11.6 Å². The molecule has 6 rings (SSSR count). The molecule has 0 N–H and O–H groups in total. The van der Waals surface area contributed by atoms with Crippen LogP contribution in [0.5, 0.6) is 11.5 Å². The molecule has 0 aliphatic heterocycles. The SMILES string of the molecule is [O-]c1ccc(Cl)cc1/C=N/c1nc(-c2ccc(F)cc2)cs1.[O-]c1ccc(Cl)cc1/C=N/c1nc(-c2ccc(F)cc2)cs1.[Zn+2]. The number of hydrogen-bond donors (Lipinski definition) is 0. The molecule has 0 radical (unpaired) electrons. The summed E-state index contributed by atoms with van der Waals surface area (Å²) in [5, 5.41) is 28.9. The second kappa shape index (κ2) is 15.9. The maximum absolute atomic E-state index is 12.9. The zero-order valence-corrected chi connectivity index (χ0v) is 29.1. The minimum Gasteiger partial charge on any atom is -0.872 e. The van der Waals surface area contributed by atoms with Gasteiger partial charge in [0.1, 0.15) is 11.6 Å². The van der Waals surface area contributed by atoms with Crippen LogP contribution in [0.3, 0.4) is 0 Å². The van der Waals surface area contributed by atoms with Gasteiger partial charge in [-0.3, -0.25) is 0 Å². The van der Waals surface area contributed by atoms with Crippen LogP contribution in [0.2, 0.25) is 10.0 Å². The Labute approximate surface area is 287 Å². The third kappa shape index (κ3) is 9.56. The van der Waals surface area contributed by atoms with E-state index in [1.165, 1.54) is 83.6 Å². The normalized spacial score (nSPS) is 10.9. The van der Waals surface area contributed by atoms with Crippen LogP contribution in [0.25, 0.3) is 22.5 Å². The molecule has 2 heterocycles. The number of aromatic nitrogens is 2. The molecule has 2 aromatic heterocycles. The number of halogens is 4. The van der Waals surface area contributed by atoms with Crippen LogP contribution in [0.15, 0.2) is 106 Å². The fraction of sp³-hybridized carbons (Fsp3) is 0. The second-order valence-electron chi connectivity index (χ2n) is 8.93. The van der Waals surface area contributed by atoms with E-state index in [2.05, 4.69) is 20.0 Å². The van der Waals surface area contributed by atoms with Gasteiger partial charge >= 0.3 is 19.5 Å². The maximum atomic E-state index is 12.9. The molecule has 0 amide bonds. The topological polar surface area (TPSA) is 96.6 Å². The van der Waals surface area contributed by atoms with Gasteiger partial charge in [0, 0.05) is 44.4 Å². The first-order valence-corrected chi connectivity index (χ1v) is 15.2. The van der Waals surface area contributed by atoms with Gasteiger partial charge in [-0.2, -0.15) is 0 Å². The van der Waals surface area contributed by atoms with E-state index in [0.717, 1.165) is 11.1 Å². The van der Waals surface area contributed by atoms with Gasteiger partial charge in [0.05, 0.1) is 11.4 Å². The van der Waals surface area contributed by atoms with Gasteiger partial charge in [-0.25, -0.2) is 28.7 Å². The quantitative estimate of drug-likeness (QED) is 0.127. The van der Waals surface area contributed by atoms with Crippen molar-refractivity contribution in [3.8, 4) is 34.0 Å². The third-order valence-electron chi connectivity index (χ3n) is 5.84. The van der Waals surface area contributed by atoms with Crippen molar-refractivity contribution in [3.05, 3.63) is 128 Å². The summed E-state index contributed by atoms with van der Waals surface area (Å²) in [6.45, 7) is 0. The summed E-state index contributed by atoms with van der Waals surface area (Å²) in [4.78, 5) is 17.1. The standard InChI is InChI=1S/2C16H10ClFN2OS.Zn/c2*17-12-3-6-15(21)11(7-12)8-19-16-20-14(9-22-16)10-1-4-13(18)5-2-10;/h2*1-9,21H;/q;;+2/p-2/b2*19-8+;. The van der Waals surface area contributed by atoms with Crippen molar-refractivity contribution in [1.29, 1.82) is 0 Å². The molecule has 0 aliphatic carbocycles. The van der Waals surface area contributed by atoms with Gasteiger partial charge in [-0.1, -0.05) is 46.8 Å². The molecule has 4 aromatic carbocycles. The molecule has 0 bridgehead atoms.